The second-order valence-electron chi connectivity index (χ2n) is 23.5. The fourth-order valence-electron chi connectivity index (χ4n) is 10.3. The van der Waals surface area contributed by atoms with Crippen LogP contribution in [-0.4, -0.2) is 114 Å². The molecule has 19 nitrogen and oxygen atoms in total. The van der Waals surface area contributed by atoms with Crippen molar-refractivity contribution in [2.75, 3.05) is 26.2 Å². The van der Waals surface area contributed by atoms with Crippen LogP contribution in [-0.2, 0) is 60.8 Å². The summed E-state index contributed by atoms with van der Waals surface area (Å²) >= 11 is 0. The number of Topliss-reactive ketones (excluding diaryl/α,β-unsaturated/α-hetero) is 5. The van der Waals surface area contributed by atoms with E-state index in [2.05, 4.69) is 28.2 Å². The summed E-state index contributed by atoms with van der Waals surface area (Å²) in [5.41, 5.74) is 24.9. The second kappa shape index (κ2) is 39.5. The lowest BCUT2D eigenvalue weighted by atomic mass is 9.86. The van der Waals surface area contributed by atoms with Crippen molar-refractivity contribution in [2.24, 2.45) is 70.3 Å². The Kier molecular flexibility index (Phi) is 34.7. The molecule has 0 fully saturated rings. The summed E-state index contributed by atoms with van der Waals surface area (Å²) in [7, 11) is 0. The van der Waals surface area contributed by atoms with Crippen LogP contribution in [0, 0.1) is 47.3 Å². The molecule has 0 saturated carbocycles. The van der Waals surface area contributed by atoms with Gasteiger partial charge in [-0.25, -0.2) is 0 Å². The normalized spacial score (nSPS) is 14.8. The van der Waals surface area contributed by atoms with E-state index in [9.17, 15) is 53.1 Å². The molecule has 0 radical (unpaired) electrons. The van der Waals surface area contributed by atoms with E-state index in [1.54, 1.807) is 24.3 Å². The number of amides is 5. The number of hydrogen-bond donors (Lipinski definition) is 9. The number of aliphatic hydroxyl groups excluding tert-OH is 1. The first-order chi connectivity index (χ1) is 39.0. The highest BCUT2D eigenvalue weighted by Gasteiger charge is 2.36. The predicted molar refractivity (Wildman–Crippen MR) is 318 cm³/mol. The third-order valence-corrected chi connectivity index (χ3v) is 14.8. The summed E-state index contributed by atoms with van der Waals surface area (Å²) in [6, 6.07) is 13.7. The number of ketones is 5. The molecule has 0 spiro atoms. The number of unbranched alkanes of at least 4 members (excludes halogenated alkanes) is 3. The molecule has 0 aliphatic heterocycles. The number of aliphatic hydroxyl groups is 1. The first kappa shape index (κ1) is 72.1. The maximum atomic E-state index is 14.7. The first-order valence-corrected chi connectivity index (χ1v) is 29.9. The maximum absolute atomic E-state index is 14.7. The Morgan fingerprint density at radius 1 is 0.439 bits per heavy atom. The molecule has 458 valence electrons. The minimum absolute atomic E-state index is 0.00551. The Hall–Kier alpha value is -6.02. The molecule has 5 amide bonds. The van der Waals surface area contributed by atoms with Gasteiger partial charge in [-0.05, 0) is 106 Å². The molecule has 0 aliphatic rings. The van der Waals surface area contributed by atoms with Crippen molar-refractivity contribution in [3.05, 3.63) is 71.8 Å². The molecule has 13 N–H and O–H groups in total. The monoisotopic (exact) mass is 1140 g/mol. The summed E-state index contributed by atoms with van der Waals surface area (Å²) in [6.07, 6.45) is 3.82. The van der Waals surface area contributed by atoms with Crippen molar-refractivity contribution in [3.63, 3.8) is 0 Å². The maximum Gasteiger partial charge on any atom is 0.224 e. The van der Waals surface area contributed by atoms with Crippen LogP contribution >= 0.6 is 0 Å². The topological polar surface area (TPSA) is 343 Å². The molecule has 19 heteroatoms. The Morgan fingerprint density at radius 3 is 1.21 bits per heavy atom. The number of benzene rings is 2. The van der Waals surface area contributed by atoms with Crippen LogP contribution < -0.4 is 44.2 Å². The first-order valence-electron chi connectivity index (χ1n) is 29.9. The van der Waals surface area contributed by atoms with Crippen LogP contribution in [0.15, 0.2) is 60.7 Å². The van der Waals surface area contributed by atoms with Gasteiger partial charge in [0, 0.05) is 62.2 Å². The van der Waals surface area contributed by atoms with Gasteiger partial charge in [0.1, 0.15) is 5.78 Å². The van der Waals surface area contributed by atoms with Gasteiger partial charge in [0.25, 0.3) is 0 Å². The van der Waals surface area contributed by atoms with E-state index in [0.717, 1.165) is 31.2 Å². The fourth-order valence-corrected chi connectivity index (χ4v) is 10.3. The Bertz CT molecular complexity index is 2310. The largest absolute Gasteiger partial charge is 0.396 e. The number of nitrogens with two attached hydrogens (primary N) is 4. The van der Waals surface area contributed by atoms with E-state index in [4.69, 9.17) is 22.9 Å². The molecule has 82 heavy (non-hydrogen) atoms. The van der Waals surface area contributed by atoms with Gasteiger partial charge in [-0.15, -0.1) is 0 Å². The van der Waals surface area contributed by atoms with E-state index in [1.165, 1.54) is 0 Å². The molecule has 2 rings (SSSR count). The van der Waals surface area contributed by atoms with E-state index >= 15 is 0 Å². The minimum Gasteiger partial charge on any atom is -0.396 e. The van der Waals surface area contributed by atoms with Gasteiger partial charge in [0.05, 0.1) is 36.7 Å². The van der Waals surface area contributed by atoms with Gasteiger partial charge in [0.2, 0.25) is 29.5 Å². The fraction of sp³-hybridized carbons (Fsp3) is 0.651. The third-order valence-electron chi connectivity index (χ3n) is 14.8. The Labute approximate surface area is 487 Å². The van der Waals surface area contributed by atoms with Gasteiger partial charge in [0.15, 0.2) is 23.1 Å². The van der Waals surface area contributed by atoms with Crippen LogP contribution in [0.5, 0.6) is 0 Å². The van der Waals surface area contributed by atoms with Crippen LogP contribution in [0.1, 0.15) is 162 Å². The summed E-state index contributed by atoms with van der Waals surface area (Å²) in [5, 5.41) is 21.1. The molecule has 2 aromatic rings. The number of nitrogens with one attached hydrogen (secondary N) is 4. The molecule has 0 aromatic heterocycles. The van der Waals surface area contributed by atoms with Gasteiger partial charge >= 0.3 is 0 Å². The average molecular weight is 1150 g/mol. The van der Waals surface area contributed by atoms with Gasteiger partial charge in [-0.1, -0.05) is 128 Å². The SMILES string of the molecule is CCCCCCC(=O)C[C@@H](CCN)C(=O)N[C@@H](Cc1ccccc1)C(=O)C[C@@H](CCN)C(=O)N[C@H](Cc1ccccc1)C(=O)C[C@@H](CC(C)C)C(=O)N[C@@H](CCN)C(=O)C[C@H](CC(C)C)C(=O)N[C@@H](CC(C)C)C(=O)C[C@@H](CO)C(N)=O. The van der Waals surface area contributed by atoms with Crippen LogP contribution in [0.4, 0.5) is 0 Å². The molecule has 0 unspecified atom stereocenters. The smallest absolute Gasteiger partial charge is 0.224 e. The molecular weight excluding hydrogens is 1040 g/mol. The van der Waals surface area contributed by atoms with Crippen molar-refractivity contribution in [3.8, 4) is 0 Å². The zero-order valence-corrected chi connectivity index (χ0v) is 50.1. The standard InChI is InChI=1S/C63H100N8O11/c1-8-9-10-17-22-50(73)34-45(23-26-64)60(79)70-53(32-43-18-13-11-14-19-43)56(75)35-46(24-27-65)61(80)71-54(33-44-20-15-12-16-21-44)57(76)37-48(30-41(4)5)62(81)68-51(25-28-66)55(74)36-47(29-40(2)3)63(82)69-52(31-42(6)7)58(77)38-49(39-72)59(67)78/h11-16,18-21,40-42,45-49,51-54,72H,8-10,17,22-39,64-66H2,1-7H3,(H2,67,78)(H,68,81)(H,69,82)(H,70,79)(H,71,80)/t45-,46-,47+,48-,49+,51+,52+,53+,54-/m1/s1. The van der Waals surface area contributed by atoms with E-state index in [1.807, 2.05) is 77.9 Å². The third kappa shape index (κ3) is 27.8. The summed E-state index contributed by atoms with van der Waals surface area (Å²) in [4.78, 5) is 139. The number of carbonyl (C=O) groups is 10. The lowest BCUT2D eigenvalue weighted by molar-refractivity contribution is -0.136. The highest BCUT2D eigenvalue weighted by atomic mass is 16.3. The van der Waals surface area contributed by atoms with Crippen LogP contribution in [0.3, 0.4) is 0 Å². The van der Waals surface area contributed by atoms with Crippen molar-refractivity contribution in [1.29, 1.82) is 0 Å². The lowest BCUT2D eigenvalue weighted by Gasteiger charge is -2.27. The van der Waals surface area contributed by atoms with Crippen molar-refractivity contribution in [1.82, 2.24) is 21.3 Å². The predicted octanol–water partition coefficient (Wildman–Crippen LogP) is 4.92. The van der Waals surface area contributed by atoms with E-state index < -0.39 is 113 Å². The van der Waals surface area contributed by atoms with Crippen LogP contribution in [0.25, 0.3) is 0 Å². The number of hydrogen-bond acceptors (Lipinski definition) is 14. The van der Waals surface area contributed by atoms with E-state index in [-0.39, 0.29) is 127 Å². The van der Waals surface area contributed by atoms with Crippen molar-refractivity contribution in [2.45, 2.75) is 188 Å². The summed E-state index contributed by atoms with van der Waals surface area (Å²) in [5.74, 6) is -10.0. The molecular formula is C63H100N8O11. The van der Waals surface area contributed by atoms with Gasteiger partial charge in [-0.3, -0.25) is 47.9 Å². The Morgan fingerprint density at radius 2 is 0.805 bits per heavy atom. The molecule has 0 bridgehead atoms. The average Bonchev–Trinajstić information content (AvgIpc) is 3.46. The van der Waals surface area contributed by atoms with E-state index in [0.29, 0.717) is 12.0 Å². The van der Waals surface area contributed by atoms with Gasteiger partial charge in [-0.2, -0.15) is 0 Å². The van der Waals surface area contributed by atoms with Gasteiger partial charge < -0.3 is 49.3 Å². The van der Waals surface area contributed by atoms with Crippen molar-refractivity contribution < 1.29 is 53.1 Å². The number of rotatable bonds is 45. The quantitative estimate of drug-likeness (QED) is 0.0398. The van der Waals surface area contributed by atoms with Crippen LogP contribution in [0.2, 0.25) is 0 Å². The summed E-state index contributed by atoms with van der Waals surface area (Å²) in [6.45, 7) is 12.9. The lowest BCUT2D eigenvalue weighted by Crippen LogP contribution is -2.50. The zero-order valence-electron chi connectivity index (χ0n) is 50.1. The number of carbonyl (C=O) groups excluding carboxylic acids is 10. The molecule has 0 saturated heterocycles. The highest BCUT2D eigenvalue weighted by molar-refractivity contribution is 5.98. The molecule has 0 aliphatic carbocycles. The molecule has 0 heterocycles. The second-order valence-corrected chi connectivity index (χ2v) is 23.5. The zero-order chi connectivity index (χ0) is 61.3. The summed E-state index contributed by atoms with van der Waals surface area (Å²) < 4.78 is 0. The molecule has 9 atom stereocenters. The molecule has 2 aromatic carbocycles. The highest BCUT2D eigenvalue weighted by Crippen LogP contribution is 2.24. The Balaban J connectivity index is 2.45. The number of primary amides is 1. The van der Waals surface area contributed by atoms with Crippen molar-refractivity contribution >= 4 is 58.5 Å². The minimum atomic E-state index is -1.17.